The van der Waals surface area contributed by atoms with Gasteiger partial charge in [-0.2, -0.15) is 0 Å². The first kappa shape index (κ1) is 13.4. The SMILES string of the molecule is CCOCCCNc1nc(C)ccc1C(=O)O. The molecule has 0 bridgehead atoms. The standard InChI is InChI=1S/C12H18N2O3/c1-3-17-8-4-7-13-11-10(12(15)16)6-5-9(2)14-11/h5-6H,3-4,7-8H2,1-2H3,(H,13,14)(H,15,16). The van der Waals surface area contributed by atoms with Gasteiger partial charge < -0.3 is 15.2 Å². The van der Waals surface area contributed by atoms with Gasteiger partial charge in [-0.25, -0.2) is 9.78 Å². The number of rotatable bonds is 7. The van der Waals surface area contributed by atoms with E-state index in [1.54, 1.807) is 12.1 Å². The van der Waals surface area contributed by atoms with Crippen molar-refractivity contribution in [2.24, 2.45) is 0 Å². The van der Waals surface area contributed by atoms with Crippen LogP contribution in [0.2, 0.25) is 0 Å². The zero-order valence-corrected chi connectivity index (χ0v) is 10.2. The second kappa shape index (κ2) is 6.85. The van der Waals surface area contributed by atoms with E-state index in [0.717, 1.165) is 12.1 Å². The number of hydrogen-bond acceptors (Lipinski definition) is 4. The fourth-order valence-electron chi connectivity index (χ4n) is 1.39. The van der Waals surface area contributed by atoms with Crippen molar-refractivity contribution in [3.63, 3.8) is 0 Å². The number of hydrogen-bond donors (Lipinski definition) is 2. The van der Waals surface area contributed by atoms with Gasteiger partial charge in [0, 0.05) is 25.5 Å². The molecule has 0 amide bonds. The first-order valence-corrected chi connectivity index (χ1v) is 5.67. The van der Waals surface area contributed by atoms with E-state index < -0.39 is 5.97 Å². The number of aromatic nitrogens is 1. The molecule has 0 aliphatic rings. The van der Waals surface area contributed by atoms with Crippen molar-refractivity contribution in [2.45, 2.75) is 20.3 Å². The number of ether oxygens (including phenoxy) is 1. The number of nitrogens with one attached hydrogen (secondary N) is 1. The summed E-state index contributed by atoms with van der Waals surface area (Å²) in [6, 6.07) is 3.25. The Bertz CT molecular complexity index is 380. The molecule has 1 rings (SSSR count). The maximum absolute atomic E-state index is 11.0. The largest absolute Gasteiger partial charge is 0.478 e. The molecule has 0 radical (unpaired) electrons. The van der Waals surface area contributed by atoms with Gasteiger partial charge in [0.1, 0.15) is 11.4 Å². The number of nitrogens with zero attached hydrogens (tertiary/aromatic N) is 1. The molecule has 0 aliphatic heterocycles. The second-order valence-corrected chi connectivity index (χ2v) is 3.63. The lowest BCUT2D eigenvalue weighted by Crippen LogP contribution is -2.11. The van der Waals surface area contributed by atoms with E-state index in [9.17, 15) is 4.79 Å². The molecule has 0 aromatic carbocycles. The van der Waals surface area contributed by atoms with Gasteiger partial charge in [0.25, 0.3) is 0 Å². The van der Waals surface area contributed by atoms with Gasteiger partial charge in [0.15, 0.2) is 0 Å². The van der Waals surface area contributed by atoms with E-state index in [2.05, 4.69) is 10.3 Å². The van der Waals surface area contributed by atoms with Crippen LogP contribution in [0.4, 0.5) is 5.82 Å². The van der Waals surface area contributed by atoms with Gasteiger partial charge in [0.2, 0.25) is 0 Å². The fraction of sp³-hybridized carbons (Fsp3) is 0.500. The Morgan fingerprint density at radius 2 is 2.29 bits per heavy atom. The molecule has 0 atom stereocenters. The molecule has 0 fully saturated rings. The number of aromatic carboxylic acids is 1. The summed E-state index contributed by atoms with van der Waals surface area (Å²) >= 11 is 0. The summed E-state index contributed by atoms with van der Waals surface area (Å²) in [6.45, 7) is 5.78. The molecule has 0 aliphatic carbocycles. The van der Waals surface area contributed by atoms with Crippen LogP contribution in [0.25, 0.3) is 0 Å². The highest BCUT2D eigenvalue weighted by Crippen LogP contribution is 2.13. The molecule has 0 unspecified atom stereocenters. The number of carboxylic acids is 1. The summed E-state index contributed by atoms with van der Waals surface area (Å²) in [6.07, 6.45) is 0.822. The lowest BCUT2D eigenvalue weighted by molar-refractivity contribution is 0.0697. The maximum atomic E-state index is 11.0. The number of carbonyl (C=O) groups is 1. The van der Waals surface area contributed by atoms with Gasteiger partial charge in [-0.3, -0.25) is 0 Å². The van der Waals surface area contributed by atoms with Crippen LogP contribution in [0.5, 0.6) is 0 Å². The zero-order valence-electron chi connectivity index (χ0n) is 10.2. The Hall–Kier alpha value is -1.62. The number of anilines is 1. The highest BCUT2D eigenvalue weighted by molar-refractivity contribution is 5.93. The molecular weight excluding hydrogens is 220 g/mol. The van der Waals surface area contributed by atoms with Gasteiger partial charge in [-0.1, -0.05) is 0 Å². The third-order valence-corrected chi connectivity index (χ3v) is 2.23. The summed E-state index contributed by atoms with van der Waals surface area (Å²) in [5.74, 6) is -0.543. The Morgan fingerprint density at radius 1 is 1.53 bits per heavy atom. The van der Waals surface area contributed by atoms with Crippen LogP contribution in [0.15, 0.2) is 12.1 Å². The van der Waals surface area contributed by atoms with Crippen LogP contribution in [0.1, 0.15) is 29.4 Å². The summed E-state index contributed by atoms with van der Waals surface area (Å²) in [4.78, 5) is 15.1. The predicted octanol–water partition coefficient (Wildman–Crippen LogP) is 1.93. The lowest BCUT2D eigenvalue weighted by atomic mass is 10.2. The fourth-order valence-corrected chi connectivity index (χ4v) is 1.39. The first-order chi connectivity index (χ1) is 8.15. The topological polar surface area (TPSA) is 71.5 Å². The molecule has 0 saturated heterocycles. The van der Waals surface area contributed by atoms with Crippen LogP contribution in [0, 0.1) is 6.92 Å². The third kappa shape index (κ3) is 4.40. The minimum absolute atomic E-state index is 0.201. The van der Waals surface area contributed by atoms with E-state index in [-0.39, 0.29) is 5.56 Å². The summed E-state index contributed by atoms with van der Waals surface area (Å²) in [5.41, 5.74) is 0.995. The Labute approximate surface area is 101 Å². The third-order valence-electron chi connectivity index (χ3n) is 2.23. The van der Waals surface area contributed by atoms with Crippen molar-refractivity contribution >= 4 is 11.8 Å². The molecule has 5 nitrogen and oxygen atoms in total. The van der Waals surface area contributed by atoms with Crippen molar-refractivity contribution in [3.05, 3.63) is 23.4 Å². The van der Waals surface area contributed by atoms with Crippen LogP contribution in [0.3, 0.4) is 0 Å². The zero-order chi connectivity index (χ0) is 12.7. The molecule has 1 heterocycles. The minimum atomic E-state index is -0.968. The van der Waals surface area contributed by atoms with Crippen LogP contribution < -0.4 is 5.32 Å². The quantitative estimate of drug-likeness (QED) is 0.710. The molecule has 0 saturated carbocycles. The Balaban J connectivity index is 2.56. The average Bonchev–Trinajstić information content (AvgIpc) is 2.28. The highest BCUT2D eigenvalue weighted by Gasteiger charge is 2.10. The molecule has 94 valence electrons. The van der Waals surface area contributed by atoms with Crippen molar-refractivity contribution < 1.29 is 14.6 Å². The average molecular weight is 238 g/mol. The van der Waals surface area contributed by atoms with Gasteiger partial charge in [0.05, 0.1) is 0 Å². The van der Waals surface area contributed by atoms with Crippen LogP contribution in [-0.4, -0.2) is 35.8 Å². The molecular formula is C12H18N2O3. The monoisotopic (exact) mass is 238 g/mol. The second-order valence-electron chi connectivity index (χ2n) is 3.63. The smallest absolute Gasteiger partial charge is 0.339 e. The molecule has 5 heteroatoms. The van der Waals surface area contributed by atoms with E-state index in [1.807, 2.05) is 13.8 Å². The van der Waals surface area contributed by atoms with Gasteiger partial charge in [-0.15, -0.1) is 0 Å². The molecule has 2 N–H and O–H groups in total. The number of aryl methyl sites for hydroxylation is 1. The molecule has 0 spiro atoms. The normalized spacial score (nSPS) is 10.2. The predicted molar refractivity (Wildman–Crippen MR) is 65.5 cm³/mol. The molecule has 17 heavy (non-hydrogen) atoms. The van der Waals surface area contributed by atoms with Gasteiger partial charge >= 0.3 is 5.97 Å². The van der Waals surface area contributed by atoms with Crippen molar-refractivity contribution in [2.75, 3.05) is 25.1 Å². The van der Waals surface area contributed by atoms with E-state index in [0.29, 0.717) is 25.6 Å². The number of carboxylic acid groups (broad SMARTS) is 1. The summed E-state index contributed by atoms with van der Waals surface area (Å²) < 4.78 is 5.20. The number of pyridine rings is 1. The van der Waals surface area contributed by atoms with E-state index >= 15 is 0 Å². The first-order valence-electron chi connectivity index (χ1n) is 5.67. The maximum Gasteiger partial charge on any atom is 0.339 e. The Kier molecular flexibility index (Phi) is 5.42. The lowest BCUT2D eigenvalue weighted by Gasteiger charge is -2.09. The van der Waals surface area contributed by atoms with Crippen molar-refractivity contribution in [1.29, 1.82) is 0 Å². The van der Waals surface area contributed by atoms with Crippen molar-refractivity contribution in [1.82, 2.24) is 4.98 Å². The Morgan fingerprint density at radius 3 is 2.94 bits per heavy atom. The van der Waals surface area contributed by atoms with Crippen molar-refractivity contribution in [3.8, 4) is 0 Å². The molecule has 1 aromatic rings. The van der Waals surface area contributed by atoms with Crippen LogP contribution >= 0.6 is 0 Å². The van der Waals surface area contributed by atoms with E-state index in [1.165, 1.54) is 0 Å². The minimum Gasteiger partial charge on any atom is -0.478 e. The summed E-state index contributed by atoms with van der Waals surface area (Å²) in [5, 5.41) is 12.0. The summed E-state index contributed by atoms with van der Waals surface area (Å²) in [7, 11) is 0. The highest BCUT2D eigenvalue weighted by atomic mass is 16.5. The molecule has 1 aromatic heterocycles. The van der Waals surface area contributed by atoms with E-state index in [4.69, 9.17) is 9.84 Å². The van der Waals surface area contributed by atoms with Gasteiger partial charge in [-0.05, 0) is 32.4 Å². The van der Waals surface area contributed by atoms with Crippen LogP contribution in [-0.2, 0) is 4.74 Å².